The average molecular weight is 280 g/mol. The van der Waals surface area contributed by atoms with Crippen molar-refractivity contribution in [3.05, 3.63) is 35.6 Å². The molecule has 2 aromatic rings. The molecule has 0 aliphatic carbocycles. The van der Waals surface area contributed by atoms with Crippen LogP contribution in [0, 0.1) is 12.7 Å². The number of thioether (sulfide) groups is 1. The molecule has 0 fully saturated rings. The first-order chi connectivity index (χ1) is 9.13. The lowest BCUT2D eigenvalue weighted by Gasteiger charge is -2.09. The minimum absolute atomic E-state index is 0.119. The maximum absolute atomic E-state index is 13.8. The summed E-state index contributed by atoms with van der Waals surface area (Å²) in [5.74, 6) is 5.66. The molecule has 2 rings (SSSR count). The number of nitrogens with one attached hydrogen (secondary N) is 1. The first kappa shape index (κ1) is 13.6. The molecule has 0 unspecified atom stereocenters. The predicted molar refractivity (Wildman–Crippen MR) is 72.8 cm³/mol. The molecule has 0 saturated carbocycles. The van der Waals surface area contributed by atoms with Crippen LogP contribution in [0.3, 0.4) is 0 Å². The largest absolute Gasteiger partial charge is 0.436 e. The van der Waals surface area contributed by atoms with E-state index in [2.05, 4.69) is 15.4 Å². The molecule has 1 aromatic heterocycles. The summed E-state index contributed by atoms with van der Waals surface area (Å²) in [7, 11) is 0. The number of anilines is 1. The van der Waals surface area contributed by atoms with Gasteiger partial charge in [-0.1, -0.05) is 23.9 Å². The minimum Gasteiger partial charge on any atom is -0.436 e. The van der Waals surface area contributed by atoms with Crippen LogP contribution in [0.1, 0.15) is 5.56 Å². The lowest BCUT2D eigenvalue weighted by Crippen LogP contribution is -2.09. The molecule has 5 nitrogen and oxygen atoms in total. The number of ether oxygens (including phenoxy) is 1. The van der Waals surface area contributed by atoms with Crippen molar-refractivity contribution < 1.29 is 9.13 Å². The van der Waals surface area contributed by atoms with Crippen LogP contribution in [-0.4, -0.2) is 16.2 Å². The van der Waals surface area contributed by atoms with E-state index >= 15 is 0 Å². The Morgan fingerprint density at radius 1 is 1.37 bits per heavy atom. The molecule has 1 heterocycles. The highest BCUT2D eigenvalue weighted by molar-refractivity contribution is 7.98. The highest BCUT2D eigenvalue weighted by Crippen LogP contribution is 2.27. The molecule has 0 amide bonds. The van der Waals surface area contributed by atoms with Crippen LogP contribution in [-0.2, 0) is 0 Å². The molecular formula is C12H13FN4OS. The highest BCUT2D eigenvalue weighted by Gasteiger charge is 2.10. The van der Waals surface area contributed by atoms with Gasteiger partial charge in [0.05, 0.1) is 0 Å². The molecule has 0 aliphatic rings. The fraction of sp³-hybridized carbons (Fsp3) is 0.167. The van der Waals surface area contributed by atoms with Crippen molar-refractivity contribution in [3.8, 4) is 11.6 Å². The standard InChI is InChI=1S/C12H13FN4OS/c1-7-4-3-5-8(11(7)13)18-10-6-9(17-14)15-12(16-10)19-2/h3-6H,14H2,1-2H3,(H,15,16,17). The van der Waals surface area contributed by atoms with Crippen LogP contribution in [0.4, 0.5) is 10.2 Å². The molecule has 0 bridgehead atoms. The number of hydrogen-bond acceptors (Lipinski definition) is 6. The normalized spacial score (nSPS) is 10.3. The van der Waals surface area contributed by atoms with E-state index in [1.807, 2.05) is 6.26 Å². The Morgan fingerprint density at radius 3 is 2.84 bits per heavy atom. The summed E-state index contributed by atoms with van der Waals surface area (Å²) in [4.78, 5) is 8.23. The van der Waals surface area contributed by atoms with Crippen LogP contribution in [0.5, 0.6) is 11.6 Å². The van der Waals surface area contributed by atoms with Gasteiger partial charge in [-0.15, -0.1) is 0 Å². The second-order valence-electron chi connectivity index (χ2n) is 3.71. The molecule has 0 radical (unpaired) electrons. The third kappa shape index (κ3) is 3.12. The van der Waals surface area contributed by atoms with E-state index in [1.165, 1.54) is 17.8 Å². The van der Waals surface area contributed by atoms with Gasteiger partial charge in [-0.05, 0) is 24.8 Å². The summed E-state index contributed by atoms with van der Waals surface area (Å²) in [6, 6.07) is 6.43. The smallest absolute Gasteiger partial charge is 0.225 e. The first-order valence-corrected chi connectivity index (χ1v) is 6.69. The topological polar surface area (TPSA) is 73.1 Å². The zero-order valence-electron chi connectivity index (χ0n) is 10.5. The molecule has 0 spiro atoms. The number of halogens is 1. The minimum atomic E-state index is -0.408. The number of nitrogens with zero attached hydrogens (tertiary/aromatic N) is 2. The van der Waals surface area contributed by atoms with Crippen molar-refractivity contribution in [2.45, 2.75) is 12.1 Å². The van der Waals surface area contributed by atoms with Crippen molar-refractivity contribution in [1.29, 1.82) is 0 Å². The summed E-state index contributed by atoms with van der Waals surface area (Å²) < 4.78 is 19.3. The maximum Gasteiger partial charge on any atom is 0.225 e. The van der Waals surface area contributed by atoms with Crippen molar-refractivity contribution in [2.24, 2.45) is 5.84 Å². The Balaban J connectivity index is 2.34. The van der Waals surface area contributed by atoms with Crippen LogP contribution >= 0.6 is 11.8 Å². The number of nitrogen functional groups attached to an aromatic ring is 1. The van der Waals surface area contributed by atoms with E-state index in [1.54, 1.807) is 25.1 Å². The summed E-state index contributed by atoms with van der Waals surface area (Å²) in [6.07, 6.45) is 1.83. The summed E-state index contributed by atoms with van der Waals surface area (Å²) >= 11 is 1.34. The van der Waals surface area contributed by atoms with Gasteiger partial charge in [-0.25, -0.2) is 15.2 Å². The number of rotatable bonds is 4. The van der Waals surface area contributed by atoms with Gasteiger partial charge < -0.3 is 10.2 Å². The molecule has 19 heavy (non-hydrogen) atoms. The number of nitrogens with two attached hydrogens (primary N) is 1. The third-order valence-electron chi connectivity index (χ3n) is 2.38. The number of aryl methyl sites for hydroxylation is 1. The zero-order chi connectivity index (χ0) is 13.8. The van der Waals surface area contributed by atoms with Crippen molar-refractivity contribution >= 4 is 17.6 Å². The maximum atomic E-state index is 13.8. The van der Waals surface area contributed by atoms with Crippen LogP contribution in [0.15, 0.2) is 29.4 Å². The second-order valence-corrected chi connectivity index (χ2v) is 4.48. The first-order valence-electron chi connectivity index (χ1n) is 5.46. The van der Waals surface area contributed by atoms with E-state index in [4.69, 9.17) is 10.6 Å². The molecule has 100 valence electrons. The van der Waals surface area contributed by atoms with Gasteiger partial charge in [-0.2, -0.15) is 4.98 Å². The Morgan fingerprint density at radius 2 is 2.16 bits per heavy atom. The van der Waals surface area contributed by atoms with Gasteiger partial charge in [0.2, 0.25) is 5.88 Å². The van der Waals surface area contributed by atoms with Crippen LogP contribution < -0.4 is 16.0 Å². The summed E-state index contributed by atoms with van der Waals surface area (Å²) in [5.41, 5.74) is 2.92. The predicted octanol–water partition coefficient (Wildman–Crippen LogP) is 2.72. The Bertz CT molecular complexity index is 572. The number of benzene rings is 1. The summed E-state index contributed by atoms with van der Waals surface area (Å²) in [6.45, 7) is 1.67. The van der Waals surface area contributed by atoms with Crippen molar-refractivity contribution in [3.63, 3.8) is 0 Å². The second kappa shape index (κ2) is 5.85. The molecular weight excluding hydrogens is 267 g/mol. The fourth-order valence-electron chi connectivity index (χ4n) is 1.43. The third-order valence-corrected chi connectivity index (χ3v) is 2.93. The summed E-state index contributed by atoms with van der Waals surface area (Å²) in [5, 5.41) is 0.485. The van der Waals surface area contributed by atoms with Crippen molar-refractivity contribution in [2.75, 3.05) is 11.7 Å². The van der Waals surface area contributed by atoms with Gasteiger partial charge in [0.15, 0.2) is 16.7 Å². The van der Waals surface area contributed by atoms with Gasteiger partial charge >= 0.3 is 0 Å². The Labute approximate surface area is 114 Å². The van der Waals surface area contributed by atoms with Gasteiger partial charge in [-0.3, -0.25) is 0 Å². The van der Waals surface area contributed by atoms with E-state index < -0.39 is 5.82 Å². The zero-order valence-corrected chi connectivity index (χ0v) is 11.3. The van der Waals surface area contributed by atoms with Gasteiger partial charge in [0.25, 0.3) is 0 Å². The van der Waals surface area contributed by atoms with Crippen LogP contribution in [0.2, 0.25) is 0 Å². The van der Waals surface area contributed by atoms with Crippen LogP contribution in [0.25, 0.3) is 0 Å². The molecule has 0 saturated heterocycles. The SMILES string of the molecule is CSc1nc(NN)cc(Oc2cccc(C)c2F)n1. The number of aromatic nitrogens is 2. The Kier molecular flexibility index (Phi) is 4.18. The molecule has 0 aliphatic heterocycles. The van der Waals surface area contributed by atoms with Crippen molar-refractivity contribution in [1.82, 2.24) is 9.97 Å². The van der Waals surface area contributed by atoms with Gasteiger partial charge in [0.1, 0.15) is 5.82 Å². The molecule has 3 N–H and O–H groups in total. The van der Waals surface area contributed by atoms with E-state index in [0.717, 1.165) is 0 Å². The number of hydrogen-bond donors (Lipinski definition) is 2. The highest BCUT2D eigenvalue weighted by atomic mass is 32.2. The van der Waals surface area contributed by atoms with E-state index in [-0.39, 0.29) is 11.6 Å². The molecule has 1 aromatic carbocycles. The lowest BCUT2D eigenvalue weighted by atomic mass is 10.2. The fourth-order valence-corrected chi connectivity index (χ4v) is 1.80. The average Bonchev–Trinajstić information content (AvgIpc) is 2.43. The Hall–Kier alpha value is -1.86. The monoisotopic (exact) mass is 280 g/mol. The van der Waals surface area contributed by atoms with Gasteiger partial charge in [0, 0.05) is 6.07 Å². The number of hydrazine groups is 1. The van der Waals surface area contributed by atoms with E-state index in [9.17, 15) is 4.39 Å². The molecule has 7 heteroatoms. The molecule has 0 atom stereocenters. The quantitative estimate of drug-likeness (QED) is 0.388. The van der Waals surface area contributed by atoms with E-state index in [0.29, 0.717) is 16.5 Å². The lowest BCUT2D eigenvalue weighted by molar-refractivity contribution is 0.421.